The molecule has 106 valence electrons. The molecule has 0 spiro atoms. The molecule has 2 saturated carbocycles. The van der Waals surface area contributed by atoms with E-state index in [9.17, 15) is 0 Å². The summed E-state index contributed by atoms with van der Waals surface area (Å²) in [6.45, 7) is 9.75. The Balaban J connectivity index is 1.79. The van der Waals surface area contributed by atoms with Gasteiger partial charge in [-0.1, -0.05) is 34.1 Å². The predicted molar refractivity (Wildman–Crippen MR) is 79.8 cm³/mol. The molecule has 0 amide bonds. The molecular weight excluding hydrogens is 218 g/mol. The number of rotatable bonds is 2. The molecule has 0 bridgehead atoms. The first kappa shape index (κ1) is 14.4. The zero-order valence-electron chi connectivity index (χ0n) is 13.0. The zero-order chi connectivity index (χ0) is 13.2. The molecule has 0 aromatic rings. The van der Waals surface area contributed by atoms with Crippen LogP contribution in [0.25, 0.3) is 0 Å². The van der Waals surface area contributed by atoms with E-state index in [1.807, 2.05) is 0 Å². The average molecular weight is 251 g/mol. The van der Waals surface area contributed by atoms with E-state index in [1.54, 1.807) is 0 Å². The maximum absolute atomic E-state index is 3.99. The van der Waals surface area contributed by atoms with E-state index < -0.39 is 0 Å². The minimum Gasteiger partial charge on any atom is -0.311 e. The molecule has 0 heterocycles. The fraction of sp³-hybridized carbons (Fsp3) is 1.00. The van der Waals surface area contributed by atoms with E-state index in [0.717, 1.165) is 23.9 Å². The van der Waals surface area contributed by atoms with Crippen molar-refractivity contribution in [3.8, 4) is 0 Å². The molecule has 2 aliphatic carbocycles. The highest BCUT2D eigenvalue weighted by molar-refractivity contribution is 4.85. The topological polar surface area (TPSA) is 12.0 Å². The third-order valence-electron chi connectivity index (χ3n) is 5.65. The lowest BCUT2D eigenvalue weighted by Gasteiger charge is -2.35. The summed E-state index contributed by atoms with van der Waals surface area (Å²) in [5, 5.41) is 3.99. The SMILES string of the molecule is CC1CCC(NC2CCCC(C)(C)CC2)CC1C. The first-order valence-corrected chi connectivity index (χ1v) is 8.22. The van der Waals surface area contributed by atoms with Crippen LogP contribution in [-0.4, -0.2) is 12.1 Å². The van der Waals surface area contributed by atoms with Crippen molar-refractivity contribution in [3.63, 3.8) is 0 Å². The second-order valence-electron chi connectivity index (χ2n) is 7.92. The summed E-state index contributed by atoms with van der Waals surface area (Å²) in [6.07, 6.45) is 11.3. The van der Waals surface area contributed by atoms with Gasteiger partial charge in [-0.2, -0.15) is 0 Å². The highest BCUT2D eigenvalue weighted by Gasteiger charge is 2.28. The van der Waals surface area contributed by atoms with Gasteiger partial charge in [0.1, 0.15) is 0 Å². The van der Waals surface area contributed by atoms with E-state index in [-0.39, 0.29) is 0 Å². The average Bonchev–Trinajstić information content (AvgIpc) is 2.46. The molecule has 1 heteroatoms. The van der Waals surface area contributed by atoms with Crippen molar-refractivity contribution in [1.29, 1.82) is 0 Å². The van der Waals surface area contributed by atoms with Gasteiger partial charge < -0.3 is 5.32 Å². The molecular formula is C17H33N. The summed E-state index contributed by atoms with van der Waals surface area (Å²) in [5.74, 6) is 1.86. The second kappa shape index (κ2) is 5.94. The molecule has 1 N–H and O–H groups in total. The fourth-order valence-corrected chi connectivity index (χ4v) is 3.86. The minimum atomic E-state index is 0.588. The van der Waals surface area contributed by atoms with Gasteiger partial charge in [-0.3, -0.25) is 0 Å². The van der Waals surface area contributed by atoms with Crippen LogP contribution < -0.4 is 5.32 Å². The Hall–Kier alpha value is -0.0400. The Morgan fingerprint density at radius 1 is 0.833 bits per heavy atom. The Bertz CT molecular complexity index is 258. The molecule has 0 saturated heterocycles. The van der Waals surface area contributed by atoms with Gasteiger partial charge in [0.25, 0.3) is 0 Å². The van der Waals surface area contributed by atoms with Gasteiger partial charge in [0.05, 0.1) is 0 Å². The van der Waals surface area contributed by atoms with Gasteiger partial charge in [0.2, 0.25) is 0 Å². The largest absolute Gasteiger partial charge is 0.311 e. The monoisotopic (exact) mass is 251 g/mol. The van der Waals surface area contributed by atoms with Crippen LogP contribution in [0.1, 0.15) is 79.1 Å². The molecule has 2 rings (SSSR count). The number of nitrogens with one attached hydrogen (secondary N) is 1. The lowest BCUT2D eigenvalue weighted by atomic mass is 9.79. The van der Waals surface area contributed by atoms with Crippen molar-refractivity contribution in [1.82, 2.24) is 5.32 Å². The smallest absolute Gasteiger partial charge is 0.00723 e. The van der Waals surface area contributed by atoms with E-state index in [1.165, 1.54) is 51.4 Å². The standard InChI is InChI=1S/C17H33N/c1-13-7-8-16(12-14(13)2)18-15-6-5-10-17(3,4)11-9-15/h13-16,18H,5-12H2,1-4H3. The van der Waals surface area contributed by atoms with E-state index in [0.29, 0.717) is 5.41 Å². The van der Waals surface area contributed by atoms with Crippen molar-refractivity contribution in [2.24, 2.45) is 17.3 Å². The van der Waals surface area contributed by atoms with E-state index in [4.69, 9.17) is 0 Å². The lowest BCUT2D eigenvalue weighted by Crippen LogP contribution is -2.42. The molecule has 0 aliphatic heterocycles. The van der Waals surface area contributed by atoms with Crippen LogP contribution >= 0.6 is 0 Å². The van der Waals surface area contributed by atoms with Crippen LogP contribution in [0.2, 0.25) is 0 Å². The normalized spacial score (nSPS) is 41.3. The summed E-state index contributed by atoms with van der Waals surface area (Å²) >= 11 is 0. The van der Waals surface area contributed by atoms with Crippen LogP contribution in [0, 0.1) is 17.3 Å². The summed E-state index contributed by atoms with van der Waals surface area (Å²) in [5.41, 5.74) is 0.588. The maximum atomic E-state index is 3.99. The first-order chi connectivity index (χ1) is 8.46. The zero-order valence-corrected chi connectivity index (χ0v) is 13.0. The molecule has 2 aliphatic rings. The molecule has 18 heavy (non-hydrogen) atoms. The fourth-order valence-electron chi connectivity index (χ4n) is 3.86. The molecule has 0 aromatic carbocycles. The van der Waals surface area contributed by atoms with Crippen LogP contribution in [-0.2, 0) is 0 Å². The Morgan fingerprint density at radius 3 is 2.33 bits per heavy atom. The lowest BCUT2D eigenvalue weighted by molar-refractivity contribution is 0.209. The van der Waals surface area contributed by atoms with Crippen LogP contribution in [0.15, 0.2) is 0 Å². The Labute approximate surface area is 114 Å². The molecule has 2 fully saturated rings. The van der Waals surface area contributed by atoms with Crippen LogP contribution in [0.4, 0.5) is 0 Å². The number of hydrogen-bond donors (Lipinski definition) is 1. The summed E-state index contributed by atoms with van der Waals surface area (Å²) in [7, 11) is 0. The van der Waals surface area contributed by atoms with Gasteiger partial charge in [0, 0.05) is 12.1 Å². The molecule has 0 radical (unpaired) electrons. The highest BCUT2D eigenvalue weighted by atomic mass is 15.0. The van der Waals surface area contributed by atoms with Crippen molar-refractivity contribution < 1.29 is 0 Å². The van der Waals surface area contributed by atoms with E-state index in [2.05, 4.69) is 33.0 Å². The minimum absolute atomic E-state index is 0.588. The van der Waals surface area contributed by atoms with E-state index >= 15 is 0 Å². The van der Waals surface area contributed by atoms with Crippen LogP contribution in [0.3, 0.4) is 0 Å². The van der Waals surface area contributed by atoms with Crippen LogP contribution in [0.5, 0.6) is 0 Å². The second-order valence-corrected chi connectivity index (χ2v) is 7.92. The van der Waals surface area contributed by atoms with Gasteiger partial charge >= 0.3 is 0 Å². The third kappa shape index (κ3) is 3.98. The van der Waals surface area contributed by atoms with Gasteiger partial charge in [-0.25, -0.2) is 0 Å². The summed E-state index contributed by atoms with van der Waals surface area (Å²) in [4.78, 5) is 0. The predicted octanol–water partition coefficient (Wildman–Crippen LogP) is 4.76. The van der Waals surface area contributed by atoms with Crippen molar-refractivity contribution in [3.05, 3.63) is 0 Å². The Morgan fingerprint density at radius 2 is 1.61 bits per heavy atom. The van der Waals surface area contributed by atoms with Gasteiger partial charge in [0.15, 0.2) is 0 Å². The maximum Gasteiger partial charge on any atom is 0.00723 e. The molecule has 4 unspecified atom stereocenters. The quantitative estimate of drug-likeness (QED) is 0.698. The Kier molecular flexibility index (Phi) is 4.75. The molecule has 0 aromatic heterocycles. The molecule has 4 atom stereocenters. The van der Waals surface area contributed by atoms with Crippen molar-refractivity contribution in [2.75, 3.05) is 0 Å². The number of hydrogen-bond acceptors (Lipinski definition) is 1. The van der Waals surface area contributed by atoms with Crippen molar-refractivity contribution >= 4 is 0 Å². The van der Waals surface area contributed by atoms with Gasteiger partial charge in [-0.05, 0) is 62.2 Å². The first-order valence-electron chi connectivity index (χ1n) is 8.22. The van der Waals surface area contributed by atoms with Crippen molar-refractivity contribution in [2.45, 2.75) is 91.1 Å². The highest BCUT2D eigenvalue weighted by Crippen LogP contribution is 2.35. The summed E-state index contributed by atoms with van der Waals surface area (Å²) < 4.78 is 0. The van der Waals surface area contributed by atoms with Gasteiger partial charge in [-0.15, -0.1) is 0 Å². The summed E-state index contributed by atoms with van der Waals surface area (Å²) in [6, 6.07) is 1.61. The third-order valence-corrected chi connectivity index (χ3v) is 5.65. The molecule has 1 nitrogen and oxygen atoms in total.